The zero-order chi connectivity index (χ0) is 15.0. The van der Waals surface area contributed by atoms with E-state index < -0.39 is 21.2 Å². The maximum atomic E-state index is 12.1. The molecule has 1 saturated heterocycles. The van der Waals surface area contributed by atoms with Crippen LogP contribution in [0.3, 0.4) is 0 Å². The van der Waals surface area contributed by atoms with E-state index in [-0.39, 0.29) is 30.5 Å². The van der Waals surface area contributed by atoms with Crippen LogP contribution < -0.4 is 0 Å². The van der Waals surface area contributed by atoms with E-state index in [1.54, 1.807) is 4.90 Å². The number of fused-ring (bicyclic) bond motifs is 1. The molecule has 1 aliphatic carbocycles. The number of hydrogen-bond acceptors (Lipinski definition) is 4. The largest absolute Gasteiger partial charge is 0.481 e. The third-order valence-electron chi connectivity index (χ3n) is 4.56. The summed E-state index contributed by atoms with van der Waals surface area (Å²) in [5.74, 6) is -0.867. The maximum absolute atomic E-state index is 12.1. The first-order valence-corrected chi connectivity index (χ1v) is 8.99. The Kier molecular flexibility index (Phi) is 4.09. The molecule has 0 unspecified atom stereocenters. The lowest BCUT2D eigenvalue weighted by Crippen LogP contribution is -2.37. The van der Waals surface area contributed by atoms with Crippen LogP contribution in [0.5, 0.6) is 0 Å². The Balaban J connectivity index is 1.92. The molecule has 20 heavy (non-hydrogen) atoms. The summed E-state index contributed by atoms with van der Waals surface area (Å²) in [6, 6.07) is 0. The van der Waals surface area contributed by atoms with Crippen LogP contribution in [0.25, 0.3) is 0 Å². The minimum absolute atomic E-state index is 0.0000813. The van der Waals surface area contributed by atoms with Crippen LogP contribution in [0.1, 0.15) is 32.1 Å². The lowest BCUT2D eigenvalue weighted by Gasteiger charge is -2.23. The molecule has 2 fully saturated rings. The Morgan fingerprint density at radius 1 is 1.40 bits per heavy atom. The summed E-state index contributed by atoms with van der Waals surface area (Å²) in [4.78, 5) is 25.2. The van der Waals surface area contributed by atoms with Crippen LogP contribution in [-0.4, -0.2) is 55.4 Å². The second kappa shape index (κ2) is 5.35. The van der Waals surface area contributed by atoms with Crippen molar-refractivity contribution in [2.75, 3.05) is 25.1 Å². The summed E-state index contributed by atoms with van der Waals surface area (Å²) >= 11 is 0. The van der Waals surface area contributed by atoms with Crippen molar-refractivity contribution in [1.82, 2.24) is 4.90 Å². The average molecular weight is 303 g/mol. The highest BCUT2D eigenvalue weighted by Crippen LogP contribution is 2.48. The molecule has 1 N–H and O–H groups in total. The van der Waals surface area contributed by atoms with Gasteiger partial charge in [-0.3, -0.25) is 9.59 Å². The molecule has 6 nitrogen and oxygen atoms in total. The fourth-order valence-corrected chi connectivity index (χ4v) is 4.14. The van der Waals surface area contributed by atoms with Crippen molar-refractivity contribution in [3.63, 3.8) is 0 Å². The molecule has 0 aromatic heterocycles. The second-order valence-electron chi connectivity index (χ2n) is 6.06. The first-order chi connectivity index (χ1) is 9.24. The number of nitrogens with zero attached hydrogens (tertiary/aromatic N) is 1. The number of likely N-dealkylation sites (tertiary alicyclic amines) is 1. The molecule has 114 valence electrons. The van der Waals surface area contributed by atoms with E-state index in [9.17, 15) is 23.1 Å². The summed E-state index contributed by atoms with van der Waals surface area (Å²) in [6.07, 6.45) is 4.04. The van der Waals surface area contributed by atoms with E-state index in [4.69, 9.17) is 0 Å². The van der Waals surface area contributed by atoms with E-state index in [2.05, 4.69) is 0 Å². The Morgan fingerprint density at radius 2 is 2.10 bits per heavy atom. The third kappa shape index (κ3) is 2.97. The van der Waals surface area contributed by atoms with Gasteiger partial charge >= 0.3 is 5.97 Å². The molecule has 0 spiro atoms. The molecule has 7 heteroatoms. The molecule has 0 aromatic carbocycles. The van der Waals surface area contributed by atoms with Crippen molar-refractivity contribution in [2.45, 2.75) is 32.1 Å². The van der Waals surface area contributed by atoms with Gasteiger partial charge in [0, 0.05) is 25.8 Å². The lowest BCUT2D eigenvalue weighted by atomic mass is 9.81. The Labute approximate surface area is 119 Å². The van der Waals surface area contributed by atoms with Crippen molar-refractivity contribution >= 4 is 21.7 Å². The molecule has 0 radical (unpaired) electrons. The van der Waals surface area contributed by atoms with E-state index in [0.29, 0.717) is 19.4 Å². The Morgan fingerprint density at radius 3 is 2.65 bits per heavy atom. The second-order valence-corrected chi connectivity index (χ2v) is 8.32. The normalized spacial score (nSPS) is 29.4. The first-order valence-electron chi connectivity index (χ1n) is 6.93. The van der Waals surface area contributed by atoms with Gasteiger partial charge in [-0.15, -0.1) is 0 Å². The van der Waals surface area contributed by atoms with E-state index in [1.165, 1.54) is 0 Å². The van der Waals surface area contributed by atoms with Gasteiger partial charge in [0.25, 0.3) is 0 Å². The van der Waals surface area contributed by atoms with Crippen molar-refractivity contribution in [2.24, 2.45) is 11.3 Å². The molecule has 0 bridgehead atoms. The molecule has 0 aromatic rings. The van der Waals surface area contributed by atoms with Crippen LogP contribution in [0.2, 0.25) is 0 Å². The number of sulfone groups is 1. The minimum Gasteiger partial charge on any atom is -0.481 e. The molecular formula is C13H21NO5S. The van der Waals surface area contributed by atoms with E-state index in [0.717, 1.165) is 19.1 Å². The molecule has 1 heterocycles. The standard InChI is InChI=1S/C13H21NO5S/c1-20(18,19)7-3-5-11(15)14-8-10-4-2-6-13(10,9-14)12(16)17/h10H,2-9H2,1H3,(H,16,17)/t10-,13+/m0/s1. The van der Waals surface area contributed by atoms with Gasteiger partial charge in [-0.05, 0) is 25.2 Å². The summed E-state index contributed by atoms with van der Waals surface area (Å²) in [5.41, 5.74) is -0.757. The van der Waals surface area contributed by atoms with Gasteiger partial charge in [-0.2, -0.15) is 0 Å². The first kappa shape index (κ1) is 15.3. The summed E-state index contributed by atoms with van der Waals surface area (Å²) in [6.45, 7) is 0.786. The number of aliphatic carboxylic acids is 1. The zero-order valence-electron chi connectivity index (χ0n) is 11.7. The average Bonchev–Trinajstić information content (AvgIpc) is 2.83. The van der Waals surface area contributed by atoms with Crippen LogP contribution in [0.15, 0.2) is 0 Å². The quantitative estimate of drug-likeness (QED) is 0.799. The fraction of sp³-hybridized carbons (Fsp3) is 0.846. The third-order valence-corrected chi connectivity index (χ3v) is 5.59. The van der Waals surface area contributed by atoms with Gasteiger partial charge in [0.2, 0.25) is 5.91 Å². The van der Waals surface area contributed by atoms with Crippen molar-refractivity contribution in [3.05, 3.63) is 0 Å². The summed E-state index contributed by atoms with van der Waals surface area (Å²) in [5, 5.41) is 9.44. The van der Waals surface area contributed by atoms with Gasteiger partial charge in [0.1, 0.15) is 9.84 Å². The number of hydrogen-bond donors (Lipinski definition) is 1. The predicted molar refractivity (Wildman–Crippen MR) is 72.9 cm³/mol. The van der Waals surface area contributed by atoms with E-state index >= 15 is 0 Å². The maximum Gasteiger partial charge on any atom is 0.311 e. The number of amides is 1. The van der Waals surface area contributed by atoms with Gasteiger partial charge in [-0.25, -0.2) is 8.42 Å². The van der Waals surface area contributed by atoms with Crippen molar-refractivity contribution < 1.29 is 23.1 Å². The Bertz CT molecular complexity index is 515. The smallest absolute Gasteiger partial charge is 0.311 e. The molecule has 1 aliphatic heterocycles. The molecule has 2 aliphatic rings. The SMILES string of the molecule is CS(=O)(=O)CCCC(=O)N1C[C@@H]2CCC[C@@]2(C(=O)O)C1. The monoisotopic (exact) mass is 303 g/mol. The number of carboxylic acid groups (broad SMARTS) is 1. The predicted octanol–water partition coefficient (Wildman–Crippen LogP) is 0.524. The number of carbonyl (C=O) groups excluding carboxylic acids is 1. The van der Waals surface area contributed by atoms with Crippen molar-refractivity contribution in [3.8, 4) is 0 Å². The highest BCUT2D eigenvalue weighted by molar-refractivity contribution is 7.90. The zero-order valence-corrected chi connectivity index (χ0v) is 12.5. The highest BCUT2D eigenvalue weighted by Gasteiger charge is 2.55. The number of carboxylic acids is 1. The van der Waals surface area contributed by atoms with Crippen molar-refractivity contribution in [1.29, 1.82) is 0 Å². The van der Waals surface area contributed by atoms with Gasteiger partial charge in [-0.1, -0.05) is 6.42 Å². The highest BCUT2D eigenvalue weighted by atomic mass is 32.2. The molecule has 1 saturated carbocycles. The number of rotatable bonds is 5. The summed E-state index contributed by atoms with van der Waals surface area (Å²) in [7, 11) is -3.05. The van der Waals surface area contributed by atoms with Crippen LogP contribution >= 0.6 is 0 Å². The summed E-state index contributed by atoms with van der Waals surface area (Å²) < 4.78 is 22.1. The van der Waals surface area contributed by atoms with Crippen LogP contribution in [0.4, 0.5) is 0 Å². The van der Waals surface area contributed by atoms with Crippen LogP contribution in [-0.2, 0) is 19.4 Å². The van der Waals surface area contributed by atoms with Gasteiger partial charge < -0.3 is 10.0 Å². The van der Waals surface area contributed by atoms with Crippen LogP contribution in [0, 0.1) is 11.3 Å². The van der Waals surface area contributed by atoms with E-state index in [1.807, 2.05) is 0 Å². The fourth-order valence-electron chi connectivity index (χ4n) is 3.47. The molecule has 2 rings (SSSR count). The number of carbonyl (C=O) groups is 2. The lowest BCUT2D eigenvalue weighted by molar-refractivity contribution is -0.149. The van der Waals surface area contributed by atoms with Gasteiger partial charge in [0.15, 0.2) is 0 Å². The molecular weight excluding hydrogens is 282 g/mol. The topological polar surface area (TPSA) is 91.8 Å². The molecule has 2 atom stereocenters. The Hall–Kier alpha value is -1.11. The van der Waals surface area contributed by atoms with Gasteiger partial charge in [0.05, 0.1) is 11.2 Å². The molecule has 1 amide bonds. The minimum atomic E-state index is -3.05.